The minimum absolute atomic E-state index is 0.0863. The van der Waals surface area contributed by atoms with Gasteiger partial charge in [0.2, 0.25) is 0 Å². The van der Waals surface area contributed by atoms with E-state index in [0.717, 1.165) is 5.56 Å². The van der Waals surface area contributed by atoms with Crippen molar-refractivity contribution in [1.29, 1.82) is 0 Å². The predicted molar refractivity (Wildman–Crippen MR) is 117 cm³/mol. The summed E-state index contributed by atoms with van der Waals surface area (Å²) >= 11 is 7.41. The normalized spacial score (nSPS) is 11.0. The van der Waals surface area contributed by atoms with Gasteiger partial charge in [0.05, 0.1) is 12.4 Å². The smallest absolute Gasteiger partial charge is 0.355 e. The molecule has 2 heterocycles. The van der Waals surface area contributed by atoms with Crippen molar-refractivity contribution >= 4 is 35.1 Å². The number of ether oxygens (including phenoxy) is 1. The maximum absolute atomic E-state index is 12.9. The molecule has 0 spiro atoms. The van der Waals surface area contributed by atoms with Crippen LogP contribution in [0.3, 0.4) is 0 Å². The third-order valence-corrected chi connectivity index (χ3v) is 5.85. The molecule has 0 saturated heterocycles. The highest BCUT2D eigenvalue weighted by atomic mass is 35.5. The molecule has 1 N–H and O–H groups in total. The Hall–Kier alpha value is -2.58. The first-order valence-corrected chi connectivity index (χ1v) is 10.9. The molecule has 3 aromatic rings. The van der Waals surface area contributed by atoms with Crippen molar-refractivity contribution in [2.45, 2.75) is 39.4 Å². The Morgan fingerprint density at radius 1 is 1.23 bits per heavy atom. The van der Waals surface area contributed by atoms with Gasteiger partial charge >= 0.3 is 5.97 Å². The highest BCUT2D eigenvalue weighted by Crippen LogP contribution is 2.27. The van der Waals surface area contributed by atoms with Gasteiger partial charge in [0.25, 0.3) is 0 Å². The lowest BCUT2D eigenvalue weighted by Gasteiger charge is -2.08. The average Bonchev–Trinajstić information content (AvgIpc) is 3.26. The number of halogens is 1. The Kier molecular flexibility index (Phi) is 6.99. The molecule has 3 rings (SSSR count). The average molecular weight is 447 g/mol. The van der Waals surface area contributed by atoms with Crippen molar-refractivity contribution in [1.82, 2.24) is 19.7 Å². The second-order valence-corrected chi connectivity index (χ2v) is 8.00. The Morgan fingerprint density at radius 2 is 2.00 bits per heavy atom. The molecule has 0 bridgehead atoms. The summed E-state index contributed by atoms with van der Waals surface area (Å²) in [6.07, 6.45) is 0. The molecular weight excluding hydrogens is 424 g/mol. The first-order valence-electron chi connectivity index (χ1n) is 9.58. The minimum atomic E-state index is -0.457. The standard InChI is InChI=1S/C21H23ClN4O3S/c1-5-26-19(14-8-7-9-15(22)10-14)24-25-21(26)30-11-16(27)17-12(3)18(23-13(17)4)20(28)29-6-2/h7-10,23H,5-6,11H2,1-4H3. The van der Waals surface area contributed by atoms with Crippen LogP contribution in [0.5, 0.6) is 0 Å². The van der Waals surface area contributed by atoms with Crippen molar-refractivity contribution in [3.05, 3.63) is 51.8 Å². The van der Waals surface area contributed by atoms with Crippen molar-refractivity contribution in [3.8, 4) is 11.4 Å². The molecule has 0 aliphatic rings. The summed E-state index contributed by atoms with van der Waals surface area (Å²) in [7, 11) is 0. The fourth-order valence-electron chi connectivity index (χ4n) is 3.30. The third kappa shape index (κ3) is 4.44. The van der Waals surface area contributed by atoms with E-state index in [9.17, 15) is 9.59 Å². The lowest BCUT2D eigenvalue weighted by molar-refractivity contribution is 0.0519. The van der Waals surface area contributed by atoms with Gasteiger partial charge in [-0.2, -0.15) is 0 Å². The van der Waals surface area contributed by atoms with Gasteiger partial charge in [-0.3, -0.25) is 4.79 Å². The number of ketones is 1. The van der Waals surface area contributed by atoms with Gasteiger partial charge in [0.1, 0.15) is 5.69 Å². The highest BCUT2D eigenvalue weighted by Gasteiger charge is 2.23. The Labute approximate surface area is 184 Å². The number of aromatic nitrogens is 4. The topological polar surface area (TPSA) is 89.9 Å². The maximum atomic E-state index is 12.9. The third-order valence-electron chi connectivity index (χ3n) is 4.64. The quantitative estimate of drug-likeness (QED) is 0.306. The molecule has 0 atom stereocenters. The van der Waals surface area contributed by atoms with E-state index in [1.54, 1.807) is 26.8 Å². The molecule has 0 amide bonds. The second kappa shape index (κ2) is 9.49. The zero-order valence-corrected chi connectivity index (χ0v) is 18.9. The molecule has 0 unspecified atom stereocenters. The number of nitrogens with one attached hydrogen (secondary N) is 1. The number of carbonyl (C=O) groups is 2. The molecule has 0 aliphatic carbocycles. The van der Waals surface area contributed by atoms with Crippen LogP contribution in [-0.2, 0) is 11.3 Å². The van der Waals surface area contributed by atoms with E-state index in [0.29, 0.717) is 45.1 Å². The van der Waals surface area contributed by atoms with Crippen molar-refractivity contribution in [2.24, 2.45) is 0 Å². The summed E-state index contributed by atoms with van der Waals surface area (Å²) in [6.45, 7) is 8.19. The number of hydrogen-bond donors (Lipinski definition) is 1. The SMILES string of the molecule is CCOC(=O)c1[nH]c(C)c(C(=O)CSc2nnc(-c3cccc(Cl)c3)n2CC)c1C. The molecule has 0 radical (unpaired) electrons. The lowest BCUT2D eigenvalue weighted by Crippen LogP contribution is -2.09. The number of benzene rings is 1. The molecule has 2 aromatic heterocycles. The van der Waals surface area contributed by atoms with Crippen LogP contribution in [0, 0.1) is 13.8 Å². The predicted octanol–water partition coefficient (Wildman–Crippen LogP) is 4.72. The molecule has 0 aliphatic heterocycles. The van der Waals surface area contributed by atoms with Gasteiger partial charge in [-0.05, 0) is 45.4 Å². The fourth-order valence-corrected chi connectivity index (χ4v) is 4.36. The summed E-state index contributed by atoms with van der Waals surface area (Å²) in [4.78, 5) is 28.0. The van der Waals surface area contributed by atoms with Crippen molar-refractivity contribution in [3.63, 3.8) is 0 Å². The van der Waals surface area contributed by atoms with E-state index in [-0.39, 0.29) is 18.1 Å². The number of aryl methyl sites for hydroxylation is 1. The monoisotopic (exact) mass is 446 g/mol. The molecule has 1 aromatic carbocycles. The van der Waals surface area contributed by atoms with Gasteiger partial charge in [-0.15, -0.1) is 10.2 Å². The van der Waals surface area contributed by atoms with E-state index in [2.05, 4.69) is 15.2 Å². The number of H-pyrrole nitrogens is 1. The van der Waals surface area contributed by atoms with Gasteiger partial charge in [0, 0.05) is 28.4 Å². The number of esters is 1. The van der Waals surface area contributed by atoms with E-state index in [1.807, 2.05) is 29.7 Å². The lowest BCUT2D eigenvalue weighted by atomic mass is 10.1. The van der Waals surface area contributed by atoms with Gasteiger partial charge in [-0.1, -0.05) is 35.5 Å². The molecule has 158 valence electrons. The largest absolute Gasteiger partial charge is 0.461 e. The summed E-state index contributed by atoms with van der Waals surface area (Å²) in [5.41, 5.74) is 2.96. The molecule has 9 heteroatoms. The van der Waals surface area contributed by atoms with Crippen LogP contribution in [-0.4, -0.2) is 43.9 Å². The zero-order valence-electron chi connectivity index (χ0n) is 17.3. The number of nitrogens with zero attached hydrogens (tertiary/aromatic N) is 3. The van der Waals surface area contributed by atoms with Crippen molar-refractivity contribution < 1.29 is 14.3 Å². The Bertz CT molecular complexity index is 1090. The first kappa shape index (κ1) is 22.1. The van der Waals surface area contributed by atoms with Crippen LogP contribution in [0.15, 0.2) is 29.4 Å². The number of hydrogen-bond acceptors (Lipinski definition) is 6. The van der Waals surface area contributed by atoms with Crippen molar-refractivity contribution in [2.75, 3.05) is 12.4 Å². The van der Waals surface area contributed by atoms with Crippen LogP contribution >= 0.6 is 23.4 Å². The molecule has 30 heavy (non-hydrogen) atoms. The summed E-state index contributed by atoms with van der Waals surface area (Å²) < 4.78 is 7.00. The minimum Gasteiger partial charge on any atom is -0.461 e. The number of thioether (sulfide) groups is 1. The van der Waals surface area contributed by atoms with Crippen LogP contribution in [0.25, 0.3) is 11.4 Å². The number of aromatic amines is 1. The molecule has 0 saturated carbocycles. The molecular formula is C21H23ClN4O3S. The summed E-state index contributed by atoms with van der Waals surface area (Å²) in [6, 6.07) is 7.42. The van der Waals surface area contributed by atoms with Crippen LogP contribution in [0.4, 0.5) is 0 Å². The van der Waals surface area contributed by atoms with Gasteiger partial charge in [-0.25, -0.2) is 4.79 Å². The molecule has 7 nitrogen and oxygen atoms in total. The van der Waals surface area contributed by atoms with Crippen LogP contribution in [0.2, 0.25) is 5.02 Å². The fraction of sp³-hybridized carbons (Fsp3) is 0.333. The second-order valence-electron chi connectivity index (χ2n) is 6.62. The molecule has 0 fully saturated rings. The number of Topliss-reactive ketones (excluding diaryl/α,β-unsaturated/α-hetero) is 1. The zero-order chi connectivity index (χ0) is 21.8. The Balaban J connectivity index is 1.80. The van der Waals surface area contributed by atoms with Crippen LogP contribution in [0.1, 0.15) is 46.0 Å². The Morgan fingerprint density at radius 3 is 2.67 bits per heavy atom. The highest BCUT2D eigenvalue weighted by molar-refractivity contribution is 7.99. The summed E-state index contributed by atoms with van der Waals surface area (Å²) in [5.74, 6) is 0.335. The van der Waals surface area contributed by atoms with E-state index >= 15 is 0 Å². The van der Waals surface area contributed by atoms with E-state index < -0.39 is 5.97 Å². The summed E-state index contributed by atoms with van der Waals surface area (Å²) in [5, 5.41) is 9.82. The first-order chi connectivity index (χ1) is 14.4. The number of rotatable bonds is 8. The van der Waals surface area contributed by atoms with E-state index in [4.69, 9.17) is 16.3 Å². The van der Waals surface area contributed by atoms with Gasteiger partial charge in [0.15, 0.2) is 16.8 Å². The van der Waals surface area contributed by atoms with Gasteiger partial charge < -0.3 is 14.3 Å². The number of carbonyl (C=O) groups excluding carboxylic acids is 2. The van der Waals surface area contributed by atoms with E-state index in [1.165, 1.54) is 11.8 Å². The van der Waals surface area contributed by atoms with Crippen LogP contribution < -0.4 is 0 Å². The maximum Gasteiger partial charge on any atom is 0.355 e.